The molecule has 28 heavy (non-hydrogen) atoms. The summed E-state index contributed by atoms with van der Waals surface area (Å²) in [7, 11) is 0. The predicted octanol–water partition coefficient (Wildman–Crippen LogP) is 3.88. The summed E-state index contributed by atoms with van der Waals surface area (Å²) in [4.78, 5) is 38.4. The first-order valence-corrected chi connectivity index (χ1v) is 8.80. The van der Waals surface area contributed by atoms with Gasteiger partial charge in [-0.1, -0.05) is 42.0 Å². The lowest BCUT2D eigenvalue weighted by Gasteiger charge is -2.26. The molecule has 1 N–H and O–H groups in total. The Hall–Kier alpha value is -3.38. The summed E-state index contributed by atoms with van der Waals surface area (Å²) in [5, 5.41) is 2.60. The zero-order valence-electron chi connectivity index (χ0n) is 15.1. The van der Waals surface area contributed by atoms with Crippen molar-refractivity contribution < 1.29 is 19.1 Å². The van der Waals surface area contributed by atoms with Crippen molar-refractivity contribution >= 4 is 41.2 Å². The molecule has 2 aromatic carbocycles. The Morgan fingerprint density at radius 3 is 2.54 bits per heavy atom. The summed E-state index contributed by atoms with van der Waals surface area (Å²) in [6.45, 7) is 5.72. The van der Waals surface area contributed by atoms with Gasteiger partial charge < -0.3 is 4.74 Å². The highest BCUT2D eigenvalue weighted by Crippen LogP contribution is 2.28. The molecular weight excluding hydrogens is 380 g/mol. The van der Waals surface area contributed by atoms with Crippen molar-refractivity contribution in [2.24, 2.45) is 0 Å². The van der Waals surface area contributed by atoms with Crippen LogP contribution in [0.3, 0.4) is 0 Å². The molecule has 1 fully saturated rings. The quantitative estimate of drug-likeness (QED) is 0.472. The largest absolute Gasteiger partial charge is 0.489 e. The zero-order valence-corrected chi connectivity index (χ0v) is 15.8. The van der Waals surface area contributed by atoms with Crippen molar-refractivity contribution in [3.63, 3.8) is 0 Å². The maximum atomic E-state index is 12.9. The highest BCUT2D eigenvalue weighted by atomic mass is 35.5. The average Bonchev–Trinajstić information content (AvgIpc) is 2.66. The number of hydrogen-bond donors (Lipinski definition) is 1. The summed E-state index contributed by atoms with van der Waals surface area (Å²) in [5.74, 6) is -1.09. The number of ether oxygens (including phenoxy) is 1. The molecule has 0 unspecified atom stereocenters. The molecule has 142 valence electrons. The molecule has 4 amide bonds. The maximum absolute atomic E-state index is 12.9. The number of amides is 4. The fraction of sp³-hybridized carbons (Fsp3) is 0.0952. The number of halogens is 1. The molecule has 0 saturated carbocycles. The van der Waals surface area contributed by atoms with Crippen molar-refractivity contribution in [3.8, 4) is 5.75 Å². The van der Waals surface area contributed by atoms with E-state index >= 15 is 0 Å². The zero-order chi connectivity index (χ0) is 20.3. The summed E-state index contributed by atoms with van der Waals surface area (Å²) in [6, 6.07) is 10.8. The molecule has 7 heteroatoms. The second-order valence-corrected chi connectivity index (χ2v) is 6.51. The third-order valence-corrected chi connectivity index (χ3v) is 4.26. The first-order valence-electron chi connectivity index (χ1n) is 8.42. The number of nitrogens with one attached hydrogen (secondary N) is 1. The number of benzene rings is 2. The molecule has 1 saturated heterocycles. The maximum Gasteiger partial charge on any atom is 0.335 e. The minimum absolute atomic E-state index is 0.203. The van der Waals surface area contributed by atoms with Crippen LogP contribution in [0.2, 0.25) is 5.02 Å². The van der Waals surface area contributed by atoms with Crippen LogP contribution in [0.15, 0.2) is 60.7 Å². The van der Waals surface area contributed by atoms with Gasteiger partial charge in [0.2, 0.25) is 0 Å². The van der Waals surface area contributed by atoms with Crippen molar-refractivity contribution in [3.05, 3.63) is 76.8 Å². The number of nitrogens with zero attached hydrogens (tertiary/aromatic N) is 1. The Morgan fingerprint density at radius 2 is 1.86 bits per heavy atom. The van der Waals surface area contributed by atoms with E-state index in [0.29, 0.717) is 22.0 Å². The van der Waals surface area contributed by atoms with Crippen molar-refractivity contribution in [1.82, 2.24) is 5.32 Å². The molecule has 3 rings (SSSR count). The van der Waals surface area contributed by atoms with Crippen LogP contribution in [0.5, 0.6) is 5.75 Å². The van der Waals surface area contributed by atoms with Crippen LogP contribution < -0.4 is 15.0 Å². The van der Waals surface area contributed by atoms with E-state index in [1.165, 1.54) is 6.08 Å². The number of barbiturate groups is 1. The number of anilines is 1. The number of carbonyl (C=O) groups excluding carboxylic acids is 3. The first kappa shape index (κ1) is 19.4. The van der Waals surface area contributed by atoms with E-state index in [-0.39, 0.29) is 12.2 Å². The first-order chi connectivity index (χ1) is 13.4. The molecule has 1 aliphatic rings. The molecule has 0 bridgehead atoms. The molecule has 1 aliphatic heterocycles. The third-order valence-electron chi connectivity index (χ3n) is 4.02. The van der Waals surface area contributed by atoms with Gasteiger partial charge in [0, 0.05) is 10.6 Å². The fourth-order valence-electron chi connectivity index (χ4n) is 2.65. The van der Waals surface area contributed by atoms with Gasteiger partial charge in [-0.15, -0.1) is 0 Å². The lowest BCUT2D eigenvalue weighted by Crippen LogP contribution is -2.54. The summed E-state index contributed by atoms with van der Waals surface area (Å²) in [6.07, 6.45) is 2.93. The highest BCUT2D eigenvalue weighted by Gasteiger charge is 2.36. The molecule has 0 aliphatic carbocycles. The van der Waals surface area contributed by atoms with E-state index in [4.69, 9.17) is 16.3 Å². The van der Waals surface area contributed by atoms with E-state index in [2.05, 4.69) is 11.9 Å². The van der Waals surface area contributed by atoms with Gasteiger partial charge in [0.25, 0.3) is 11.8 Å². The average molecular weight is 397 g/mol. The normalized spacial score (nSPS) is 15.6. The molecule has 1 heterocycles. The Labute approximate surface area is 167 Å². The molecule has 0 atom stereocenters. The van der Waals surface area contributed by atoms with Crippen LogP contribution in [-0.2, 0) is 9.59 Å². The lowest BCUT2D eigenvalue weighted by molar-refractivity contribution is -0.122. The highest BCUT2D eigenvalue weighted by molar-refractivity contribution is 6.39. The van der Waals surface area contributed by atoms with E-state index in [0.717, 1.165) is 10.5 Å². The molecule has 0 radical (unpaired) electrons. The van der Waals surface area contributed by atoms with Crippen LogP contribution in [0.4, 0.5) is 10.5 Å². The van der Waals surface area contributed by atoms with E-state index in [9.17, 15) is 14.4 Å². The van der Waals surface area contributed by atoms with Gasteiger partial charge in [0.05, 0.1) is 5.69 Å². The van der Waals surface area contributed by atoms with Crippen LogP contribution >= 0.6 is 11.6 Å². The molecule has 6 nitrogen and oxygen atoms in total. The third kappa shape index (κ3) is 3.97. The van der Waals surface area contributed by atoms with Crippen LogP contribution in [-0.4, -0.2) is 24.5 Å². The van der Waals surface area contributed by atoms with Crippen LogP contribution in [0.25, 0.3) is 6.08 Å². The van der Waals surface area contributed by atoms with Gasteiger partial charge in [-0.2, -0.15) is 0 Å². The molecule has 0 aromatic heterocycles. The Morgan fingerprint density at radius 1 is 1.14 bits per heavy atom. The summed E-state index contributed by atoms with van der Waals surface area (Å²) >= 11 is 6.05. The van der Waals surface area contributed by atoms with E-state index in [1.54, 1.807) is 48.5 Å². The number of urea groups is 1. The Balaban J connectivity index is 2.03. The minimum atomic E-state index is -0.801. The topological polar surface area (TPSA) is 75.7 Å². The van der Waals surface area contributed by atoms with Crippen molar-refractivity contribution in [2.45, 2.75) is 6.92 Å². The van der Waals surface area contributed by atoms with Gasteiger partial charge in [0.1, 0.15) is 17.9 Å². The molecule has 0 spiro atoms. The monoisotopic (exact) mass is 396 g/mol. The second kappa shape index (κ2) is 8.10. The van der Waals surface area contributed by atoms with E-state index in [1.807, 2.05) is 6.92 Å². The van der Waals surface area contributed by atoms with Gasteiger partial charge >= 0.3 is 6.03 Å². The van der Waals surface area contributed by atoms with Crippen molar-refractivity contribution in [2.75, 3.05) is 11.5 Å². The van der Waals surface area contributed by atoms with E-state index < -0.39 is 17.8 Å². The smallest absolute Gasteiger partial charge is 0.335 e. The minimum Gasteiger partial charge on any atom is -0.489 e. The standard InChI is InChI=1S/C21H17ClN2O4/c1-3-10-28-18-9-6-15(22)11-14(18)12-17-19(25)23-21(27)24(20(17)26)16-7-4-13(2)5-8-16/h3-9,11-12H,1,10H2,2H3,(H,23,25,27)/b17-12+. The lowest BCUT2D eigenvalue weighted by atomic mass is 10.1. The fourth-order valence-corrected chi connectivity index (χ4v) is 2.83. The Bertz CT molecular complexity index is 996. The SMILES string of the molecule is C=CCOc1ccc(Cl)cc1/C=C1\C(=O)NC(=O)N(c2ccc(C)cc2)C1=O. The number of carbonyl (C=O) groups is 3. The Kier molecular flexibility index (Phi) is 5.61. The van der Waals surface area contributed by atoms with Crippen LogP contribution in [0, 0.1) is 6.92 Å². The van der Waals surface area contributed by atoms with Gasteiger partial charge in [-0.05, 0) is 43.3 Å². The number of aryl methyl sites for hydroxylation is 1. The van der Waals surface area contributed by atoms with Crippen molar-refractivity contribution in [1.29, 1.82) is 0 Å². The van der Waals surface area contributed by atoms with Gasteiger partial charge in [0.15, 0.2) is 0 Å². The number of hydrogen-bond acceptors (Lipinski definition) is 4. The number of imide groups is 2. The second-order valence-electron chi connectivity index (χ2n) is 6.08. The molecule has 2 aromatic rings. The predicted molar refractivity (Wildman–Crippen MR) is 107 cm³/mol. The molecular formula is C21H17ClN2O4. The summed E-state index contributed by atoms with van der Waals surface area (Å²) < 4.78 is 5.55. The summed E-state index contributed by atoms with van der Waals surface area (Å²) in [5.41, 5.74) is 1.57. The van der Waals surface area contributed by atoms with Gasteiger partial charge in [-0.25, -0.2) is 9.69 Å². The van der Waals surface area contributed by atoms with Crippen LogP contribution in [0.1, 0.15) is 11.1 Å². The number of rotatable bonds is 5. The van der Waals surface area contributed by atoms with Gasteiger partial charge in [-0.3, -0.25) is 14.9 Å².